The first-order chi connectivity index (χ1) is 8.83. The predicted octanol–water partition coefficient (Wildman–Crippen LogP) is 3.18. The van der Waals surface area contributed by atoms with Gasteiger partial charge in [0.15, 0.2) is 11.5 Å². The van der Waals surface area contributed by atoms with Crippen LogP contribution in [0.25, 0.3) is 0 Å². The second kappa shape index (κ2) is 5.04. The van der Waals surface area contributed by atoms with Crippen molar-refractivity contribution in [2.75, 3.05) is 13.2 Å². The molecule has 0 amide bonds. The monoisotopic (exact) mass is 328 g/mol. The van der Waals surface area contributed by atoms with Gasteiger partial charge in [0.05, 0.1) is 5.41 Å². The summed E-state index contributed by atoms with van der Waals surface area (Å²) in [7, 11) is 0. The Morgan fingerprint density at radius 1 is 1.42 bits per heavy atom. The van der Waals surface area contributed by atoms with E-state index in [0.29, 0.717) is 25.4 Å². The standard InChI is InChI=1S/C14H17BrO4/c1-8-11(15)9(7-14(2,3)13(16)17)6-10-12(8)19-5-4-18-10/h6H,4-5,7H2,1-3H3,(H,16,17). The molecule has 2 rings (SSSR count). The highest BCUT2D eigenvalue weighted by atomic mass is 79.9. The first-order valence-electron chi connectivity index (χ1n) is 6.14. The van der Waals surface area contributed by atoms with Gasteiger partial charge in [0.25, 0.3) is 0 Å². The third-order valence-corrected chi connectivity index (χ3v) is 4.38. The van der Waals surface area contributed by atoms with Crippen LogP contribution in [0.3, 0.4) is 0 Å². The third kappa shape index (κ3) is 2.71. The zero-order valence-corrected chi connectivity index (χ0v) is 12.8. The van der Waals surface area contributed by atoms with Crippen LogP contribution in [0.2, 0.25) is 0 Å². The fourth-order valence-corrected chi connectivity index (χ4v) is 2.51. The smallest absolute Gasteiger partial charge is 0.309 e. The fourth-order valence-electron chi connectivity index (χ4n) is 2.07. The summed E-state index contributed by atoms with van der Waals surface area (Å²) in [5.41, 5.74) is 1.06. The van der Waals surface area contributed by atoms with E-state index in [1.165, 1.54) is 0 Å². The molecular formula is C14H17BrO4. The van der Waals surface area contributed by atoms with E-state index in [4.69, 9.17) is 9.47 Å². The first kappa shape index (κ1) is 14.2. The van der Waals surface area contributed by atoms with E-state index in [9.17, 15) is 9.90 Å². The average Bonchev–Trinajstić information content (AvgIpc) is 2.35. The normalized spacial score (nSPS) is 14.3. The quantitative estimate of drug-likeness (QED) is 0.925. The van der Waals surface area contributed by atoms with E-state index in [0.717, 1.165) is 21.3 Å². The molecule has 0 fully saturated rings. The molecule has 0 saturated heterocycles. The zero-order chi connectivity index (χ0) is 14.2. The molecule has 0 spiro atoms. The van der Waals surface area contributed by atoms with Crippen molar-refractivity contribution in [1.82, 2.24) is 0 Å². The van der Waals surface area contributed by atoms with E-state index in [-0.39, 0.29) is 0 Å². The van der Waals surface area contributed by atoms with E-state index in [1.54, 1.807) is 13.8 Å². The lowest BCUT2D eigenvalue weighted by atomic mass is 9.85. The van der Waals surface area contributed by atoms with Crippen LogP contribution in [-0.2, 0) is 11.2 Å². The van der Waals surface area contributed by atoms with Crippen LogP contribution in [0.15, 0.2) is 10.5 Å². The number of fused-ring (bicyclic) bond motifs is 1. The van der Waals surface area contributed by atoms with Crippen LogP contribution < -0.4 is 9.47 Å². The molecule has 19 heavy (non-hydrogen) atoms. The Morgan fingerprint density at radius 3 is 2.68 bits per heavy atom. The third-order valence-electron chi connectivity index (χ3n) is 3.28. The summed E-state index contributed by atoms with van der Waals surface area (Å²) in [5, 5.41) is 9.23. The number of carboxylic acids is 1. The number of benzene rings is 1. The lowest BCUT2D eigenvalue weighted by Gasteiger charge is -2.25. The Balaban J connectivity index is 2.42. The largest absolute Gasteiger partial charge is 0.486 e. The van der Waals surface area contributed by atoms with Crippen molar-refractivity contribution in [2.45, 2.75) is 27.2 Å². The Labute approximate surface area is 120 Å². The van der Waals surface area contributed by atoms with Crippen molar-refractivity contribution in [3.63, 3.8) is 0 Å². The van der Waals surface area contributed by atoms with Gasteiger partial charge < -0.3 is 14.6 Å². The first-order valence-corrected chi connectivity index (χ1v) is 6.93. The summed E-state index contributed by atoms with van der Waals surface area (Å²) in [6.07, 6.45) is 0.431. The summed E-state index contributed by atoms with van der Waals surface area (Å²) in [6.45, 7) is 6.44. The lowest BCUT2D eigenvalue weighted by molar-refractivity contribution is -0.146. The second-order valence-corrected chi connectivity index (χ2v) is 6.16. The number of carboxylic acid groups (broad SMARTS) is 1. The van der Waals surface area contributed by atoms with Gasteiger partial charge in [-0.25, -0.2) is 0 Å². The molecule has 104 valence electrons. The molecule has 0 radical (unpaired) electrons. The van der Waals surface area contributed by atoms with E-state index in [1.807, 2.05) is 13.0 Å². The molecule has 0 aliphatic carbocycles. The second-order valence-electron chi connectivity index (χ2n) is 5.36. The molecule has 1 aliphatic rings. The highest BCUT2D eigenvalue weighted by molar-refractivity contribution is 9.10. The molecule has 1 aromatic rings. The van der Waals surface area contributed by atoms with Crippen molar-refractivity contribution in [1.29, 1.82) is 0 Å². The van der Waals surface area contributed by atoms with Crippen molar-refractivity contribution < 1.29 is 19.4 Å². The maximum atomic E-state index is 11.2. The van der Waals surface area contributed by atoms with Crippen molar-refractivity contribution in [3.8, 4) is 11.5 Å². The minimum absolute atomic E-state index is 0.431. The zero-order valence-electron chi connectivity index (χ0n) is 11.2. The number of hydrogen-bond donors (Lipinski definition) is 1. The van der Waals surface area contributed by atoms with Gasteiger partial charge in [-0.15, -0.1) is 0 Å². The van der Waals surface area contributed by atoms with Gasteiger partial charge in [0, 0.05) is 10.0 Å². The SMILES string of the molecule is Cc1c(Br)c(CC(C)(C)C(=O)O)cc2c1OCCO2. The minimum Gasteiger partial charge on any atom is -0.486 e. The van der Waals surface area contributed by atoms with Crippen LogP contribution in [-0.4, -0.2) is 24.3 Å². The van der Waals surface area contributed by atoms with E-state index >= 15 is 0 Å². The van der Waals surface area contributed by atoms with Crippen molar-refractivity contribution >= 4 is 21.9 Å². The summed E-state index contributed by atoms with van der Waals surface area (Å²) in [4.78, 5) is 11.2. The molecule has 1 heterocycles. The van der Waals surface area contributed by atoms with Crippen LogP contribution in [0.1, 0.15) is 25.0 Å². The molecule has 0 unspecified atom stereocenters. The van der Waals surface area contributed by atoms with Gasteiger partial charge in [-0.05, 0) is 38.8 Å². The van der Waals surface area contributed by atoms with Gasteiger partial charge in [-0.3, -0.25) is 4.79 Å². The molecule has 0 aromatic heterocycles. The van der Waals surface area contributed by atoms with Crippen LogP contribution in [0, 0.1) is 12.3 Å². The Hall–Kier alpha value is -1.23. The van der Waals surface area contributed by atoms with Gasteiger partial charge in [-0.1, -0.05) is 15.9 Å². The molecule has 1 aliphatic heterocycles. The van der Waals surface area contributed by atoms with E-state index < -0.39 is 11.4 Å². The number of hydrogen-bond acceptors (Lipinski definition) is 3. The topological polar surface area (TPSA) is 55.8 Å². The average molecular weight is 329 g/mol. The van der Waals surface area contributed by atoms with Gasteiger partial charge >= 0.3 is 5.97 Å². The van der Waals surface area contributed by atoms with Crippen molar-refractivity contribution in [3.05, 3.63) is 21.7 Å². The van der Waals surface area contributed by atoms with Gasteiger partial charge in [0.2, 0.25) is 0 Å². The van der Waals surface area contributed by atoms with Crippen molar-refractivity contribution in [2.24, 2.45) is 5.41 Å². The van der Waals surface area contributed by atoms with Gasteiger partial charge in [-0.2, -0.15) is 0 Å². The summed E-state index contributed by atoms with van der Waals surface area (Å²) in [5.74, 6) is 0.630. The molecule has 0 bridgehead atoms. The summed E-state index contributed by atoms with van der Waals surface area (Å²) < 4.78 is 12.1. The fraction of sp³-hybridized carbons (Fsp3) is 0.500. The molecule has 1 aromatic carbocycles. The molecule has 4 nitrogen and oxygen atoms in total. The summed E-state index contributed by atoms with van der Waals surface area (Å²) in [6, 6.07) is 1.87. The molecular weight excluding hydrogens is 312 g/mol. The Kier molecular flexibility index (Phi) is 3.76. The summed E-state index contributed by atoms with van der Waals surface area (Å²) >= 11 is 3.53. The number of aliphatic carboxylic acids is 1. The molecule has 0 saturated carbocycles. The number of ether oxygens (including phenoxy) is 2. The lowest BCUT2D eigenvalue weighted by Crippen LogP contribution is -2.26. The number of carbonyl (C=O) groups is 1. The number of rotatable bonds is 3. The van der Waals surface area contributed by atoms with Crippen LogP contribution >= 0.6 is 15.9 Å². The maximum Gasteiger partial charge on any atom is 0.309 e. The van der Waals surface area contributed by atoms with Crippen LogP contribution in [0.4, 0.5) is 0 Å². The predicted molar refractivity (Wildman–Crippen MR) is 75.0 cm³/mol. The molecule has 5 heteroatoms. The Morgan fingerprint density at radius 2 is 2.05 bits per heavy atom. The highest BCUT2D eigenvalue weighted by Crippen LogP contribution is 2.41. The molecule has 1 N–H and O–H groups in total. The molecule has 0 atom stereocenters. The number of halogens is 1. The highest BCUT2D eigenvalue weighted by Gasteiger charge is 2.30. The maximum absolute atomic E-state index is 11.2. The van der Waals surface area contributed by atoms with Gasteiger partial charge in [0.1, 0.15) is 13.2 Å². The van der Waals surface area contributed by atoms with Crippen LogP contribution in [0.5, 0.6) is 11.5 Å². The minimum atomic E-state index is -0.821. The van der Waals surface area contributed by atoms with E-state index in [2.05, 4.69) is 15.9 Å². The Bertz CT molecular complexity index is 523.